The minimum Gasteiger partial charge on any atom is -0.465 e. The first-order chi connectivity index (χ1) is 14.5. The molecule has 6 nitrogen and oxygen atoms in total. The molecule has 0 saturated carbocycles. The van der Waals surface area contributed by atoms with Gasteiger partial charge in [0.1, 0.15) is 0 Å². The Balaban J connectivity index is 1.90. The summed E-state index contributed by atoms with van der Waals surface area (Å²) in [5, 5.41) is 0. The minimum absolute atomic E-state index is 0.249. The predicted octanol–water partition coefficient (Wildman–Crippen LogP) is 3.39. The fraction of sp³-hybridized carbons (Fsp3) is 0.208. The SMILES string of the molecule is COC(=O)C1=C(C)N(CCc2ccccc2)C(=O)C1=Cc1ccc(C(=O)OC)cc1. The Labute approximate surface area is 175 Å². The maximum Gasteiger partial charge on any atom is 0.340 e. The highest BCUT2D eigenvalue weighted by atomic mass is 16.5. The van der Waals surface area contributed by atoms with Gasteiger partial charge in [0.25, 0.3) is 5.91 Å². The van der Waals surface area contributed by atoms with Crippen LogP contribution in [0.2, 0.25) is 0 Å². The molecular formula is C24H23NO5. The topological polar surface area (TPSA) is 72.9 Å². The van der Waals surface area contributed by atoms with Crippen LogP contribution < -0.4 is 0 Å². The van der Waals surface area contributed by atoms with E-state index in [-0.39, 0.29) is 17.1 Å². The van der Waals surface area contributed by atoms with E-state index < -0.39 is 11.9 Å². The summed E-state index contributed by atoms with van der Waals surface area (Å²) in [7, 11) is 2.61. The molecule has 0 radical (unpaired) electrons. The van der Waals surface area contributed by atoms with Crippen molar-refractivity contribution >= 4 is 23.9 Å². The molecular weight excluding hydrogens is 382 g/mol. The van der Waals surface area contributed by atoms with Gasteiger partial charge in [-0.1, -0.05) is 42.5 Å². The van der Waals surface area contributed by atoms with Crippen LogP contribution in [-0.2, 0) is 25.5 Å². The van der Waals surface area contributed by atoms with Crippen LogP contribution in [0.4, 0.5) is 0 Å². The summed E-state index contributed by atoms with van der Waals surface area (Å²) in [5.41, 5.74) is 3.30. The molecule has 6 heteroatoms. The van der Waals surface area contributed by atoms with Gasteiger partial charge in [0.15, 0.2) is 0 Å². The lowest BCUT2D eigenvalue weighted by molar-refractivity contribution is -0.136. The van der Waals surface area contributed by atoms with Crippen LogP contribution in [-0.4, -0.2) is 43.5 Å². The lowest BCUT2D eigenvalue weighted by Gasteiger charge is -2.17. The quantitative estimate of drug-likeness (QED) is 0.544. The van der Waals surface area contributed by atoms with Gasteiger partial charge in [-0.25, -0.2) is 9.59 Å². The number of benzene rings is 2. The van der Waals surface area contributed by atoms with Crippen molar-refractivity contribution in [2.24, 2.45) is 0 Å². The molecule has 0 fully saturated rings. The first kappa shape index (κ1) is 21.0. The van der Waals surface area contributed by atoms with Gasteiger partial charge in [0.05, 0.1) is 30.9 Å². The Bertz CT molecular complexity index is 1020. The number of hydrogen-bond acceptors (Lipinski definition) is 5. The highest BCUT2D eigenvalue weighted by Crippen LogP contribution is 2.31. The van der Waals surface area contributed by atoms with E-state index in [1.807, 2.05) is 30.3 Å². The monoisotopic (exact) mass is 405 g/mol. The van der Waals surface area contributed by atoms with Crippen molar-refractivity contribution in [3.63, 3.8) is 0 Å². The van der Waals surface area contributed by atoms with Crippen molar-refractivity contribution in [1.29, 1.82) is 0 Å². The third kappa shape index (κ3) is 4.33. The molecule has 0 saturated heterocycles. The van der Waals surface area contributed by atoms with E-state index in [9.17, 15) is 14.4 Å². The number of rotatable bonds is 6. The average Bonchev–Trinajstić information content (AvgIpc) is 3.01. The number of amides is 1. The normalized spacial score (nSPS) is 15.0. The van der Waals surface area contributed by atoms with Crippen molar-refractivity contribution in [2.45, 2.75) is 13.3 Å². The van der Waals surface area contributed by atoms with Gasteiger partial charge in [-0.05, 0) is 42.7 Å². The maximum absolute atomic E-state index is 13.1. The summed E-state index contributed by atoms with van der Waals surface area (Å²) in [6.45, 7) is 2.20. The molecule has 1 amide bonds. The standard InChI is InChI=1S/C24H23NO5/c1-16-21(24(28)30-3)20(15-18-9-11-19(12-10-18)23(27)29-2)22(26)25(16)14-13-17-7-5-4-6-8-17/h4-12,15H,13-14H2,1-3H3. The number of methoxy groups -OCH3 is 2. The van der Waals surface area contributed by atoms with E-state index in [2.05, 4.69) is 0 Å². The van der Waals surface area contributed by atoms with Gasteiger partial charge in [-0.15, -0.1) is 0 Å². The molecule has 0 N–H and O–H groups in total. The zero-order valence-corrected chi connectivity index (χ0v) is 17.2. The lowest BCUT2D eigenvalue weighted by Crippen LogP contribution is -2.27. The Hall–Kier alpha value is -3.67. The second-order valence-corrected chi connectivity index (χ2v) is 6.82. The molecule has 2 aromatic carbocycles. The molecule has 3 rings (SSSR count). The van der Waals surface area contributed by atoms with E-state index in [1.165, 1.54) is 14.2 Å². The molecule has 1 heterocycles. The van der Waals surface area contributed by atoms with Gasteiger partial charge in [0.2, 0.25) is 0 Å². The third-order valence-corrected chi connectivity index (χ3v) is 5.01. The third-order valence-electron chi connectivity index (χ3n) is 5.01. The molecule has 0 bridgehead atoms. The van der Waals surface area contributed by atoms with E-state index in [0.717, 1.165) is 5.56 Å². The second-order valence-electron chi connectivity index (χ2n) is 6.82. The zero-order chi connectivity index (χ0) is 21.7. The van der Waals surface area contributed by atoms with Crippen molar-refractivity contribution < 1.29 is 23.9 Å². The van der Waals surface area contributed by atoms with Gasteiger partial charge < -0.3 is 14.4 Å². The summed E-state index contributed by atoms with van der Waals surface area (Å²) in [6.07, 6.45) is 2.31. The van der Waals surface area contributed by atoms with Crippen molar-refractivity contribution in [2.75, 3.05) is 20.8 Å². The molecule has 0 atom stereocenters. The summed E-state index contributed by atoms with van der Waals surface area (Å²) in [5.74, 6) is -1.24. The molecule has 1 aliphatic heterocycles. The van der Waals surface area contributed by atoms with Crippen LogP contribution >= 0.6 is 0 Å². The fourth-order valence-corrected chi connectivity index (χ4v) is 3.38. The summed E-state index contributed by atoms with van der Waals surface area (Å²) in [6, 6.07) is 16.5. The second kappa shape index (κ2) is 9.22. The fourth-order valence-electron chi connectivity index (χ4n) is 3.38. The smallest absolute Gasteiger partial charge is 0.340 e. The number of nitrogens with zero attached hydrogens (tertiary/aromatic N) is 1. The minimum atomic E-state index is -0.555. The summed E-state index contributed by atoms with van der Waals surface area (Å²) < 4.78 is 9.62. The van der Waals surface area contributed by atoms with Crippen LogP contribution in [0.3, 0.4) is 0 Å². The molecule has 0 aromatic heterocycles. The number of allylic oxidation sites excluding steroid dienone is 1. The summed E-state index contributed by atoms with van der Waals surface area (Å²) >= 11 is 0. The van der Waals surface area contributed by atoms with Crippen molar-refractivity contribution in [3.8, 4) is 0 Å². The first-order valence-corrected chi connectivity index (χ1v) is 9.51. The van der Waals surface area contributed by atoms with E-state index >= 15 is 0 Å². The first-order valence-electron chi connectivity index (χ1n) is 9.51. The van der Waals surface area contributed by atoms with Crippen molar-refractivity contribution in [1.82, 2.24) is 4.90 Å². The van der Waals surface area contributed by atoms with E-state index in [4.69, 9.17) is 9.47 Å². The predicted molar refractivity (Wildman–Crippen MR) is 112 cm³/mol. The number of carbonyl (C=O) groups excluding carboxylic acids is 3. The zero-order valence-electron chi connectivity index (χ0n) is 17.2. The van der Waals surface area contributed by atoms with Gasteiger partial charge in [-0.3, -0.25) is 4.79 Å². The van der Waals surface area contributed by atoms with Crippen LogP contribution in [0.1, 0.15) is 28.4 Å². The Kier molecular flexibility index (Phi) is 6.47. The van der Waals surface area contributed by atoms with Crippen LogP contribution in [0.25, 0.3) is 6.08 Å². The van der Waals surface area contributed by atoms with Gasteiger partial charge >= 0.3 is 11.9 Å². The maximum atomic E-state index is 13.1. The van der Waals surface area contributed by atoms with Gasteiger partial charge in [-0.2, -0.15) is 0 Å². The molecule has 0 unspecified atom stereocenters. The number of hydrogen-bond donors (Lipinski definition) is 0. The van der Waals surface area contributed by atoms with Crippen LogP contribution in [0.5, 0.6) is 0 Å². The highest BCUT2D eigenvalue weighted by molar-refractivity contribution is 6.16. The molecule has 0 spiro atoms. The molecule has 1 aliphatic rings. The van der Waals surface area contributed by atoms with Crippen LogP contribution in [0, 0.1) is 0 Å². The Morgan fingerprint density at radius 3 is 2.17 bits per heavy atom. The highest BCUT2D eigenvalue weighted by Gasteiger charge is 2.36. The van der Waals surface area contributed by atoms with E-state index in [0.29, 0.717) is 29.8 Å². The number of ether oxygens (including phenoxy) is 2. The van der Waals surface area contributed by atoms with Gasteiger partial charge in [0, 0.05) is 12.2 Å². The Morgan fingerprint density at radius 2 is 1.57 bits per heavy atom. The summed E-state index contributed by atoms with van der Waals surface area (Å²) in [4.78, 5) is 38.8. The molecule has 154 valence electrons. The van der Waals surface area contributed by atoms with Crippen molar-refractivity contribution in [3.05, 3.63) is 88.1 Å². The van der Waals surface area contributed by atoms with E-state index in [1.54, 1.807) is 42.2 Å². The number of esters is 2. The largest absolute Gasteiger partial charge is 0.465 e. The average molecular weight is 405 g/mol. The number of carbonyl (C=O) groups is 3. The molecule has 2 aromatic rings. The molecule has 0 aliphatic carbocycles. The molecule has 30 heavy (non-hydrogen) atoms. The lowest BCUT2D eigenvalue weighted by atomic mass is 10.0. The van der Waals surface area contributed by atoms with Crippen LogP contribution in [0.15, 0.2) is 71.4 Å². The Morgan fingerprint density at radius 1 is 0.933 bits per heavy atom.